The van der Waals surface area contributed by atoms with Crippen molar-refractivity contribution in [2.75, 3.05) is 26.7 Å². The number of amides is 1. The second-order valence-electron chi connectivity index (χ2n) is 8.44. The molecule has 0 bridgehead atoms. The highest BCUT2D eigenvalue weighted by Crippen LogP contribution is 2.25. The lowest BCUT2D eigenvalue weighted by molar-refractivity contribution is -0.131. The van der Waals surface area contributed by atoms with Crippen molar-refractivity contribution in [2.24, 2.45) is 11.8 Å². The van der Waals surface area contributed by atoms with Gasteiger partial charge in [0, 0.05) is 38.1 Å². The Hall–Kier alpha value is -2.14. The molecule has 2 aromatic rings. The lowest BCUT2D eigenvalue weighted by Gasteiger charge is -2.29. The summed E-state index contributed by atoms with van der Waals surface area (Å²) in [7, 11) is 1.94. The first-order valence-corrected chi connectivity index (χ1v) is 11.1. The number of nitrogens with one attached hydrogen (secondary N) is 1. The first kappa shape index (κ1) is 21.6. The van der Waals surface area contributed by atoms with Gasteiger partial charge in [-0.25, -0.2) is 0 Å². The van der Waals surface area contributed by atoms with Crippen molar-refractivity contribution >= 4 is 5.91 Å². The predicted octanol–water partition coefficient (Wildman–Crippen LogP) is 4.54. The standard InChI is InChI=1S/C24H35N3O2/c1-19(20-12-14-25-15-13-20)17-24(28)27(2)16-8-4-7-11-22-18-23(26-29-22)21-9-5-3-6-10-21/h3,5-6,9-10,18-20,25H,4,7-8,11-17H2,1-2H3. The molecule has 1 aromatic carbocycles. The van der Waals surface area contributed by atoms with Gasteiger partial charge in [-0.15, -0.1) is 0 Å². The molecular formula is C24H35N3O2. The Morgan fingerprint density at radius 2 is 1.97 bits per heavy atom. The number of hydrogen-bond acceptors (Lipinski definition) is 4. The molecule has 0 aliphatic carbocycles. The van der Waals surface area contributed by atoms with E-state index in [0.717, 1.165) is 62.3 Å². The maximum atomic E-state index is 12.5. The number of nitrogens with zero attached hydrogens (tertiary/aromatic N) is 2. The van der Waals surface area contributed by atoms with Gasteiger partial charge >= 0.3 is 0 Å². The lowest BCUT2D eigenvalue weighted by Crippen LogP contribution is -2.34. The minimum Gasteiger partial charge on any atom is -0.361 e. The van der Waals surface area contributed by atoms with E-state index in [-0.39, 0.29) is 0 Å². The molecule has 5 nitrogen and oxygen atoms in total. The number of aryl methyl sites for hydroxylation is 1. The molecule has 29 heavy (non-hydrogen) atoms. The summed E-state index contributed by atoms with van der Waals surface area (Å²) in [5.74, 6) is 2.40. The fraction of sp³-hybridized carbons (Fsp3) is 0.583. The molecule has 1 amide bonds. The fourth-order valence-corrected chi connectivity index (χ4v) is 4.14. The molecule has 158 valence electrons. The Kier molecular flexibility index (Phi) is 8.29. The van der Waals surface area contributed by atoms with Crippen LogP contribution in [0, 0.1) is 11.8 Å². The molecule has 1 fully saturated rings. The van der Waals surface area contributed by atoms with Crippen LogP contribution in [0.15, 0.2) is 40.9 Å². The van der Waals surface area contributed by atoms with Crippen LogP contribution >= 0.6 is 0 Å². The quantitative estimate of drug-likeness (QED) is 0.598. The van der Waals surface area contributed by atoms with Crippen molar-refractivity contribution in [1.29, 1.82) is 0 Å². The van der Waals surface area contributed by atoms with Gasteiger partial charge in [0.1, 0.15) is 11.5 Å². The van der Waals surface area contributed by atoms with Crippen LogP contribution < -0.4 is 5.32 Å². The maximum Gasteiger partial charge on any atom is 0.222 e. The molecule has 1 saturated heterocycles. The summed E-state index contributed by atoms with van der Waals surface area (Å²) >= 11 is 0. The average Bonchev–Trinajstić information content (AvgIpc) is 3.23. The summed E-state index contributed by atoms with van der Waals surface area (Å²) in [5.41, 5.74) is 1.98. The maximum absolute atomic E-state index is 12.5. The first-order chi connectivity index (χ1) is 14.1. The molecule has 0 saturated carbocycles. The van der Waals surface area contributed by atoms with E-state index in [1.54, 1.807) is 0 Å². The summed E-state index contributed by atoms with van der Waals surface area (Å²) in [6.45, 7) is 5.26. The van der Waals surface area contributed by atoms with Gasteiger partial charge in [0.25, 0.3) is 0 Å². The minimum absolute atomic E-state index is 0.291. The highest BCUT2D eigenvalue weighted by Gasteiger charge is 2.23. The predicted molar refractivity (Wildman–Crippen MR) is 117 cm³/mol. The van der Waals surface area contributed by atoms with Crippen LogP contribution in [0.5, 0.6) is 0 Å². The number of piperidine rings is 1. The zero-order valence-corrected chi connectivity index (χ0v) is 17.9. The Bertz CT molecular complexity index is 738. The third-order valence-electron chi connectivity index (χ3n) is 6.16. The zero-order valence-electron chi connectivity index (χ0n) is 17.9. The second-order valence-corrected chi connectivity index (χ2v) is 8.44. The van der Waals surface area contributed by atoms with Gasteiger partial charge in [0.2, 0.25) is 5.91 Å². The average molecular weight is 398 g/mol. The van der Waals surface area contributed by atoms with E-state index in [0.29, 0.717) is 24.2 Å². The van der Waals surface area contributed by atoms with Gasteiger partial charge in [-0.2, -0.15) is 0 Å². The van der Waals surface area contributed by atoms with Gasteiger partial charge < -0.3 is 14.7 Å². The van der Waals surface area contributed by atoms with Crippen LogP contribution in [-0.2, 0) is 11.2 Å². The Labute approximate surface area is 174 Å². The first-order valence-electron chi connectivity index (χ1n) is 11.1. The molecule has 1 N–H and O–H groups in total. The van der Waals surface area contributed by atoms with Gasteiger partial charge in [-0.3, -0.25) is 4.79 Å². The largest absolute Gasteiger partial charge is 0.361 e. The molecule has 2 heterocycles. The molecular weight excluding hydrogens is 362 g/mol. The number of carbonyl (C=O) groups excluding carboxylic acids is 1. The topological polar surface area (TPSA) is 58.4 Å². The molecule has 3 rings (SSSR count). The van der Waals surface area contributed by atoms with E-state index < -0.39 is 0 Å². The Balaban J connectivity index is 1.31. The summed E-state index contributed by atoms with van der Waals surface area (Å²) in [4.78, 5) is 14.4. The van der Waals surface area contributed by atoms with Crippen molar-refractivity contribution in [3.63, 3.8) is 0 Å². The molecule has 1 aliphatic rings. The van der Waals surface area contributed by atoms with Crippen molar-refractivity contribution in [1.82, 2.24) is 15.4 Å². The number of aromatic nitrogens is 1. The Morgan fingerprint density at radius 1 is 1.21 bits per heavy atom. The summed E-state index contributed by atoms with van der Waals surface area (Å²) in [6.07, 6.45) is 7.15. The molecule has 1 aromatic heterocycles. The SMILES string of the molecule is CC(CC(=O)N(C)CCCCCc1cc(-c2ccccc2)no1)C1CCNCC1. The monoisotopic (exact) mass is 397 g/mol. The third-order valence-corrected chi connectivity index (χ3v) is 6.16. The van der Waals surface area contributed by atoms with Gasteiger partial charge in [-0.05, 0) is 50.6 Å². The number of hydrogen-bond donors (Lipinski definition) is 1. The molecule has 1 aliphatic heterocycles. The number of benzene rings is 1. The van der Waals surface area contributed by atoms with E-state index in [9.17, 15) is 4.79 Å². The smallest absolute Gasteiger partial charge is 0.222 e. The Morgan fingerprint density at radius 3 is 2.72 bits per heavy atom. The fourth-order valence-electron chi connectivity index (χ4n) is 4.14. The molecule has 0 spiro atoms. The van der Waals surface area contributed by atoms with Crippen molar-refractivity contribution < 1.29 is 9.32 Å². The van der Waals surface area contributed by atoms with Gasteiger partial charge in [0.05, 0.1) is 0 Å². The second kappa shape index (κ2) is 11.1. The van der Waals surface area contributed by atoms with Crippen LogP contribution in [-0.4, -0.2) is 42.6 Å². The number of unbranched alkanes of at least 4 members (excludes halogenated alkanes) is 2. The highest BCUT2D eigenvalue weighted by atomic mass is 16.5. The zero-order chi connectivity index (χ0) is 20.5. The van der Waals surface area contributed by atoms with E-state index >= 15 is 0 Å². The van der Waals surface area contributed by atoms with Crippen molar-refractivity contribution in [3.05, 3.63) is 42.2 Å². The highest BCUT2D eigenvalue weighted by molar-refractivity contribution is 5.76. The van der Waals surface area contributed by atoms with Crippen molar-refractivity contribution in [2.45, 2.75) is 51.9 Å². The molecule has 1 atom stereocenters. The minimum atomic E-state index is 0.291. The molecule has 0 radical (unpaired) electrons. The number of rotatable bonds is 10. The van der Waals surface area contributed by atoms with Crippen LogP contribution in [0.2, 0.25) is 0 Å². The van der Waals surface area contributed by atoms with Crippen LogP contribution in [0.25, 0.3) is 11.3 Å². The van der Waals surface area contributed by atoms with Crippen molar-refractivity contribution in [3.8, 4) is 11.3 Å². The van der Waals surface area contributed by atoms with E-state index in [1.165, 1.54) is 12.8 Å². The summed E-state index contributed by atoms with van der Waals surface area (Å²) in [6, 6.07) is 12.1. The number of carbonyl (C=O) groups is 1. The van der Waals surface area contributed by atoms with Crippen LogP contribution in [0.3, 0.4) is 0 Å². The lowest BCUT2D eigenvalue weighted by atomic mass is 9.84. The van der Waals surface area contributed by atoms with Crippen LogP contribution in [0.1, 0.15) is 51.2 Å². The van der Waals surface area contributed by atoms with E-state index in [4.69, 9.17) is 4.52 Å². The third kappa shape index (κ3) is 6.70. The summed E-state index contributed by atoms with van der Waals surface area (Å²) in [5, 5.41) is 7.57. The van der Waals surface area contributed by atoms with E-state index in [1.807, 2.05) is 48.3 Å². The van der Waals surface area contributed by atoms with Gasteiger partial charge in [-0.1, -0.05) is 48.8 Å². The molecule has 1 unspecified atom stereocenters. The normalized spacial score (nSPS) is 15.9. The van der Waals surface area contributed by atoms with E-state index in [2.05, 4.69) is 17.4 Å². The summed E-state index contributed by atoms with van der Waals surface area (Å²) < 4.78 is 5.47. The van der Waals surface area contributed by atoms with Crippen LogP contribution in [0.4, 0.5) is 0 Å². The molecule has 5 heteroatoms. The van der Waals surface area contributed by atoms with Gasteiger partial charge in [0.15, 0.2) is 0 Å².